The van der Waals surface area contributed by atoms with Crippen LogP contribution in [0, 0.1) is 6.92 Å². The van der Waals surface area contributed by atoms with Crippen LogP contribution in [0.15, 0.2) is 54.9 Å². The van der Waals surface area contributed by atoms with E-state index in [4.69, 9.17) is 4.74 Å². The number of hydrogen-bond acceptors (Lipinski definition) is 3. The first-order valence-electron chi connectivity index (χ1n) is 9.79. The highest BCUT2D eigenvalue weighted by atomic mass is 16.5. The van der Waals surface area contributed by atoms with E-state index in [1.165, 1.54) is 24.0 Å². The van der Waals surface area contributed by atoms with Gasteiger partial charge in [-0.2, -0.15) is 0 Å². The summed E-state index contributed by atoms with van der Waals surface area (Å²) in [5.41, 5.74) is 4.87. The van der Waals surface area contributed by atoms with E-state index in [9.17, 15) is 4.79 Å². The van der Waals surface area contributed by atoms with Gasteiger partial charge in [-0.05, 0) is 73.6 Å². The summed E-state index contributed by atoms with van der Waals surface area (Å²) < 4.78 is 7.70. The second-order valence-electron chi connectivity index (χ2n) is 7.21. The van der Waals surface area contributed by atoms with Gasteiger partial charge in [0, 0.05) is 24.6 Å². The number of fused-ring (bicyclic) bond motifs is 1. The van der Waals surface area contributed by atoms with Gasteiger partial charge in [0.05, 0.1) is 0 Å². The fraction of sp³-hybridized carbons (Fsp3) is 0.304. The van der Waals surface area contributed by atoms with Gasteiger partial charge in [-0.3, -0.25) is 4.79 Å². The lowest BCUT2D eigenvalue weighted by Crippen LogP contribution is -2.28. The number of ether oxygens (including phenoxy) is 1. The Labute approximate surface area is 165 Å². The van der Waals surface area contributed by atoms with Gasteiger partial charge in [-0.15, -0.1) is 0 Å². The molecule has 0 bridgehead atoms. The zero-order valence-corrected chi connectivity index (χ0v) is 16.1. The summed E-state index contributed by atoms with van der Waals surface area (Å²) in [6, 6.07) is 14.3. The largest absolute Gasteiger partial charge is 0.484 e. The van der Waals surface area contributed by atoms with Gasteiger partial charge in [-0.1, -0.05) is 18.2 Å². The van der Waals surface area contributed by atoms with E-state index in [1.807, 2.05) is 48.0 Å². The summed E-state index contributed by atoms with van der Waals surface area (Å²) in [5, 5.41) is 2.91. The van der Waals surface area contributed by atoms with E-state index in [2.05, 4.69) is 22.4 Å². The van der Waals surface area contributed by atoms with Crippen LogP contribution in [0.5, 0.6) is 5.75 Å². The normalized spacial score (nSPS) is 13.0. The minimum absolute atomic E-state index is 0.0328. The molecule has 5 heteroatoms. The van der Waals surface area contributed by atoms with Crippen molar-refractivity contribution in [1.29, 1.82) is 0 Å². The first kappa shape index (κ1) is 18.3. The van der Waals surface area contributed by atoms with Crippen LogP contribution < -0.4 is 10.1 Å². The predicted molar refractivity (Wildman–Crippen MR) is 109 cm³/mol. The van der Waals surface area contributed by atoms with Gasteiger partial charge < -0.3 is 14.6 Å². The third-order valence-corrected chi connectivity index (χ3v) is 5.22. The van der Waals surface area contributed by atoms with E-state index in [1.54, 1.807) is 6.20 Å². The van der Waals surface area contributed by atoms with Crippen molar-refractivity contribution in [2.45, 2.75) is 39.2 Å². The predicted octanol–water partition coefficient (Wildman–Crippen LogP) is 3.75. The lowest BCUT2D eigenvalue weighted by molar-refractivity contribution is -0.123. The Bertz CT molecular complexity index is 960. The maximum Gasteiger partial charge on any atom is 0.258 e. The number of amides is 1. The van der Waals surface area contributed by atoms with E-state index in [-0.39, 0.29) is 12.5 Å². The standard InChI is InChI=1S/C23H25N3O2/c1-17-24-12-13-26(17)21-9-6-18(7-10-21)15-25-23(27)16-28-22-11-8-19-4-2-3-5-20(19)14-22/h6-14H,2-5,15-16H2,1H3,(H,25,27). The lowest BCUT2D eigenvalue weighted by atomic mass is 9.92. The van der Waals surface area contributed by atoms with Crippen LogP contribution in [0.3, 0.4) is 0 Å². The van der Waals surface area contributed by atoms with Crippen LogP contribution in [0.2, 0.25) is 0 Å². The summed E-state index contributed by atoms with van der Waals surface area (Å²) in [4.78, 5) is 16.4. The zero-order chi connectivity index (χ0) is 19.3. The molecule has 0 unspecified atom stereocenters. The lowest BCUT2D eigenvalue weighted by Gasteiger charge is -2.16. The van der Waals surface area contributed by atoms with Crippen LogP contribution in [-0.2, 0) is 24.2 Å². The molecule has 5 nitrogen and oxygen atoms in total. The number of carbonyl (C=O) groups excluding carboxylic acids is 1. The van der Waals surface area contributed by atoms with Crippen molar-refractivity contribution >= 4 is 5.91 Å². The molecule has 3 aromatic rings. The molecule has 1 N–H and O–H groups in total. The number of imidazole rings is 1. The molecular weight excluding hydrogens is 350 g/mol. The first-order valence-corrected chi connectivity index (χ1v) is 9.79. The number of aryl methyl sites for hydroxylation is 3. The van der Waals surface area contributed by atoms with Crippen LogP contribution in [-0.4, -0.2) is 22.1 Å². The van der Waals surface area contributed by atoms with Crippen molar-refractivity contribution in [1.82, 2.24) is 14.9 Å². The molecule has 0 radical (unpaired) electrons. The third-order valence-electron chi connectivity index (χ3n) is 5.22. The van der Waals surface area contributed by atoms with Gasteiger partial charge in [0.15, 0.2) is 6.61 Å². The van der Waals surface area contributed by atoms with Gasteiger partial charge in [0.2, 0.25) is 0 Å². The number of nitrogens with one attached hydrogen (secondary N) is 1. The molecule has 0 atom stereocenters. The maximum atomic E-state index is 12.1. The molecule has 0 saturated carbocycles. The number of hydrogen-bond donors (Lipinski definition) is 1. The molecule has 0 saturated heterocycles. The Morgan fingerprint density at radius 1 is 1.11 bits per heavy atom. The summed E-state index contributed by atoms with van der Waals surface area (Å²) >= 11 is 0. The van der Waals surface area contributed by atoms with Gasteiger partial charge in [0.1, 0.15) is 11.6 Å². The minimum atomic E-state index is -0.118. The van der Waals surface area contributed by atoms with Crippen LogP contribution in [0.1, 0.15) is 35.4 Å². The van der Waals surface area contributed by atoms with Crippen LogP contribution >= 0.6 is 0 Å². The minimum Gasteiger partial charge on any atom is -0.484 e. The molecule has 2 aromatic carbocycles. The van der Waals surface area contributed by atoms with Crippen molar-refractivity contribution in [2.24, 2.45) is 0 Å². The average Bonchev–Trinajstić information content (AvgIpc) is 3.17. The topological polar surface area (TPSA) is 56.2 Å². The smallest absolute Gasteiger partial charge is 0.258 e. The van der Waals surface area contributed by atoms with Crippen molar-refractivity contribution in [3.05, 3.63) is 77.4 Å². The fourth-order valence-corrected chi connectivity index (χ4v) is 3.63. The third kappa shape index (κ3) is 4.25. The Morgan fingerprint density at radius 3 is 2.64 bits per heavy atom. The van der Waals surface area contributed by atoms with Crippen LogP contribution in [0.25, 0.3) is 5.69 Å². The van der Waals surface area contributed by atoms with E-state index < -0.39 is 0 Å². The highest BCUT2D eigenvalue weighted by molar-refractivity contribution is 5.77. The number of benzene rings is 2. The Balaban J connectivity index is 1.27. The zero-order valence-electron chi connectivity index (χ0n) is 16.1. The quantitative estimate of drug-likeness (QED) is 0.714. The highest BCUT2D eigenvalue weighted by Crippen LogP contribution is 2.25. The molecule has 1 aliphatic rings. The second-order valence-corrected chi connectivity index (χ2v) is 7.21. The summed E-state index contributed by atoms with van der Waals surface area (Å²) in [6.07, 6.45) is 8.47. The Hall–Kier alpha value is -3.08. The number of rotatable bonds is 6. The van der Waals surface area contributed by atoms with E-state index >= 15 is 0 Å². The van der Waals surface area contributed by atoms with Crippen molar-refractivity contribution in [3.63, 3.8) is 0 Å². The molecule has 0 aliphatic heterocycles. The van der Waals surface area contributed by atoms with E-state index in [0.29, 0.717) is 6.54 Å². The SMILES string of the molecule is Cc1nccn1-c1ccc(CNC(=O)COc2ccc3c(c2)CCCC3)cc1. The number of nitrogens with zero attached hydrogens (tertiary/aromatic N) is 2. The maximum absolute atomic E-state index is 12.1. The van der Waals surface area contributed by atoms with Crippen molar-refractivity contribution in [3.8, 4) is 11.4 Å². The number of carbonyl (C=O) groups is 1. The molecule has 28 heavy (non-hydrogen) atoms. The molecule has 0 fully saturated rings. The Morgan fingerprint density at radius 2 is 1.89 bits per heavy atom. The van der Waals surface area contributed by atoms with Gasteiger partial charge >= 0.3 is 0 Å². The molecule has 144 valence electrons. The monoisotopic (exact) mass is 375 g/mol. The molecule has 1 amide bonds. The summed E-state index contributed by atoms with van der Waals surface area (Å²) in [6.45, 7) is 2.48. The summed E-state index contributed by atoms with van der Waals surface area (Å²) in [5.74, 6) is 1.60. The second kappa shape index (κ2) is 8.30. The number of aromatic nitrogens is 2. The molecule has 4 rings (SSSR count). The highest BCUT2D eigenvalue weighted by Gasteiger charge is 2.11. The van der Waals surface area contributed by atoms with E-state index in [0.717, 1.165) is 35.7 Å². The fourth-order valence-electron chi connectivity index (χ4n) is 3.63. The van der Waals surface area contributed by atoms with Crippen LogP contribution in [0.4, 0.5) is 0 Å². The summed E-state index contributed by atoms with van der Waals surface area (Å²) in [7, 11) is 0. The molecular formula is C23H25N3O2. The van der Waals surface area contributed by atoms with Crippen molar-refractivity contribution < 1.29 is 9.53 Å². The van der Waals surface area contributed by atoms with Gasteiger partial charge in [0.25, 0.3) is 5.91 Å². The molecule has 1 aliphatic carbocycles. The average molecular weight is 375 g/mol. The Kier molecular flexibility index (Phi) is 5.42. The molecule has 1 heterocycles. The molecule has 0 spiro atoms. The molecule has 1 aromatic heterocycles. The van der Waals surface area contributed by atoms with Crippen molar-refractivity contribution in [2.75, 3.05) is 6.61 Å². The first-order chi connectivity index (χ1) is 13.7. The van der Waals surface area contributed by atoms with Gasteiger partial charge in [-0.25, -0.2) is 4.98 Å².